The number of guanidine groups is 1. The molecular formula is C18H39IN4O3. The molecule has 0 spiro atoms. The molecule has 0 amide bonds. The largest absolute Gasteiger partial charge is 0.382 e. The van der Waals surface area contributed by atoms with Gasteiger partial charge in [0.25, 0.3) is 0 Å². The summed E-state index contributed by atoms with van der Waals surface area (Å²) in [6, 6.07) is 0.510. The molecule has 1 aliphatic heterocycles. The highest BCUT2D eigenvalue weighted by atomic mass is 127. The second kappa shape index (κ2) is 17.0. The third-order valence-corrected chi connectivity index (χ3v) is 4.78. The van der Waals surface area contributed by atoms with E-state index in [9.17, 15) is 0 Å². The molecule has 0 aromatic rings. The molecule has 0 bridgehead atoms. The molecule has 1 saturated heterocycles. The number of morpholine rings is 1. The van der Waals surface area contributed by atoms with Crippen molar-refractivity contribution in [3.63, 3.8) is 0 Å². The molecule has 7 nitrogen and oxygen atoms in total. The fourth-order valence-corrected chi connectivity index (χ4v) is 3.24. The van der Waals surface area contributed by atoms with Crippen molar-refractivity contribution < 1.29 is 14.2 Å². The molecule has 0 radical (unpaired) electrons. The molecule has 1 atom stereocenters. The van der Waals surface area contributed by atoms with Crippen LogP contribution in [0.1, 0.15) is 26.7 Å². The van der Waals surface area contributed by atoms with E-state index in [-0.39, 0.29) is 24.0 Å². The van der Waals surface area contributed by atoms with Crippen LogP contribution in [-0.4, -0.2) is 90.3 Å². The fourth-order valence-electron chi connectivity index (χ4n) is 3.24. The van der Waals surface area contributed by atoms with Crippen molar-refractivity contribution in [3.05, 3.63) is 0 Å². The van der Waals surface area contributed by atoms with E-state index in [0.29, 0.717) is 31.8 Å². The molecule has 0 aliphatic carbocycles. The van der Waals surface area contributed by atoms with Crippen LogP contribution in [0, 0.1) is 5.92 Å². The zero-order valence-electron chi connectivity index (χ0n) is 17.0. The van der Waals surface area contributed by atoms with Gasteiger partial charge >= 0.3 is 0 Å². The lowest BCUT2D eigenvalue weighted by Crippen LogP contribution is -2.53. The Labute approximate surface area is 176 Å². The molecule has 1 heterocycles. The van der Waals surface area contributed by atoms with Crippen LogP contribution in [0.25, 0.3) is 0 Å². The Morgan fingerprint density at radius 1 is 1.12 bits per heavy atom. The van der Waals surface area contributed by atoms with Crippen molar-refractivity contribution >= 4 is 29.9 Å². The molecule has 8 heteroatoms. The van der Waals surface area contributed by atoms with Gasteiger partial charge in [0.1, 0.15) is 0 Å². The number of nitrogens with zero attached hydrogens (tertiary/aromatic N) is 2. The molecule has 1 fully saturated rings. The van der Waals surface area contributed by atoms with Gasteiger partial charge in [0.2, 0.25) is 0 Å². The monoisotopic (exact) mass is 486 g/mol. The van der Waals surface area contributed by atoms with Crippen LogP contribution in [0.4, 0.5) is 0 Å². The van der Waals surface area contributed by atoms with Crippen LogP contribution in [0.2, 0.25) is 0 Å². The minimum atomic E-state index is 0. The lowest BCUT2D eigenvalue weighted by atomic mass is 9.92. The second-order valence-electron chi connectivity index (χ2n) is 6.28. The average molecular weight is 486 g/mol. The van der Waals surface area contributed by atoms with Crippen molar-refractivity contribution in [2.24, 2.45) is 10.9 Å². The molecule has 0 aromatic heterocycles. The molecule has 1 unspecified atom stereocenters. The number of rotatable bonds is 12. The Morgan fingerprint density at radius 3 is 2.38 bits per heavy atom. The third-order valence-electron chi connectivity index (χ3n) is 4.78. The predicted molar refractivity (Wildman–Crippen MR) is 118 cm³/mol. The van der Waals surface area contributed by atoms with E-state index in [1.807, 2.05) is 7.05 Å². The summed E-state index contributed by atoms with van der Waals surface area (Å²) in [5.41, 5.74) is 0. The van der Waals surface area contributed by atoms with E-state index < -0.39 is 0 Å². The van der Waals surface area contributed by atoms with Gasteiger partial charge in [-0.2, -0.15) is 0 Å². The molecular weight excluding hydrogens is 447 g/mol. The Morgan fingerprint density at radius 2 is 1.81 bits per heavy atom. The molecule has 1 rings (SSSR count). The van der Waals surface area contributed by atoms with E-state index in [4.69, 9.17) is 14.2 Å². The Bertz CT molecular complexity index is 351. The van der Waals surface area contributed by atoms with Crippen LogP contribution in [-0.2, 0) is 14.2 Å². The fraction of sp³-hybridized carbons (Fsp3) is 0.944. The zero-order chi connectivity index (χ0) is 18.3. The maximum Gasteiger partial charge on any atom is 0.191 e. The van der Waals surface area contributed by atoms with Gasteiger partial charge in [0, 0.05) is 46.4 Å². The highest BCUT2D eigenvalue weighted by Crippen LogP contribution is 2.19. The number of hydrogen-bond donors (Lipinski definition) is 2. The molecule has 156 valence electrons. The first-order chi connectivity index (χ1) is 12.3. The van der Waals surface area contributed by atoms with Gasteiger partial charge in [-0.3, -0.25) is 9.89 Å². The Hall–Kier alpha value is -0.160. The first-order valence-corrected chi connectivity index (χ1v) is 9.59. The van der Waals surface area contributed by atoms with Gasteiger partial charge in [0.05, 0.1) is 33.0 Å². The van der Waals surface area contributed by atoms with Crippen molar-refractivity contribution in [2.75, 3.05) is 73.4 Å². The van der Waals surface area contributed by atoms with E-state index in [1.165, 1.54) is 12.8 Å². The minimum absolute atomic E-state index is 0. The van der Waals surface area contributed by atoms with E-state index in [1.54, 1.807) is 7.11 Å². The van der Waals surface area contributed by atoms with Crippen LogP contribution in [0.5, 0.6) is 0 Å². The quantitative estimate of drug-likeness (QED) is 0.189. The van der Waals surface area contributed by atoms with Gasteiger partial charge in [-0.1, -0.05) is 26.7 Å². The Balaban J connectivity index is 0.00000625. The second-order valence-corrected chi connectivity index (χ2v) is 6.28. The molecule has 1 aliphatic rings. The van der Waals surface area contributed by atoms with Gasteiger partial charge in [-0.15, -0.1) is 24.0 Å². The van der Waals surface area contributed by atoms with Gasteiger partial charge in [0.15, 0.2) is 5.96 Å². The van der Waals surface area contributed by atoms with Crippen molar-refractivity contribution in [2.45, 2.75) is 32.7 Å². The highest BCUT2D eigenvalue weighted by Gasteiger charge is 2.26. The van der Waals surface area contributed by atoms with Crippen molar-refractivity contribution in [3.8, 4) is 0 Å². The molecule has 0 aromatic carbocycles. The van der Waals surface area contributed by atoms with Crippen molar-refractivity contribution in [1.29, 1.82) is 0 Å². The number of ether oxygens (including phenoxy) is 3. The smallest absolute Gasteiger partial charge is 0.191 e. The number of nitrogens with one attached hydrogen (secondary N) is 2. The normalized spacial score (nSPS) is 17.0. The van der Waals surface area contributed by atoms with E-state index in [0.717, 1.165) is 45.4 Å². The maximum atomic E-state index is 5.52. The third kappa shape index (κ3) is 10.2. The maximum absolute atomic E-state index is 5.52. The van der Waals surface area contributed by atoms with E-state index >= 15 is 0 Å². The highest BCUT2D eigenvalue weighted by molar-refractivity contribution is 14.0. The summed E-state index contributed by atoms with van der Waals surface area (Å²) in [6.45, 7) is 11.8. The molecule has 26 heavy (non-hydrogen) atoms. The van der Waals surface area contributed by atoms with Crippen molar-refractivity contribution in [1.82, 2.24) is 15.5 Å². The van der Waals surface area contributed by atoms with Crippen LogP contribution in [0.15, 0.2) is 4.99 Å². The SMILES string of the molecule is CCC(CC)C(CNC(=NC)NCCOCCOC)N1CCOCC1.I. The summed E-state index contributed by atoms with van der Waals surface area (Å²) < 4.78 is 15.9. The summed E-state index contributed by atoms with van der Waals surface area (Å²) >= 11 is 0. The average Bonchev–Trinajstić information content (AvgIpc) is 2.66. The van der Waals surface area contributed by atoms with Crippen LogP contribution < -0.4 is 10.6 Å². The number of methoxy groups -OCH3 is 1. The summed E-state index contributed by atoms with van der Waals surface area (Å²) in [7, 11) is 3.49. The number of aliphatic imine (C=N–C) groups is 1. The van der Waals surface area contributed by atoms with E-state index in [2.05, 4.69) is 34.4 Å². The summed E-state index contributed by atoms with van der Waals surface area (Å²) in [5, 5.41) is 6.80. The van der Waals surface area contributed by atoms with Gasteiger partial charge in [-0.05, 0) is 5.92 Å². The Kier molecular flexibility index (Phi) is 16.9. The lowest BCUT2D eigenvalue weighted by molar-refractivity contribution is 0.00271. The number of halogens is 1. The lowest BCUT2D eigenvalue weighted by Gasteiger charge is -2.39. The topological polar surface area (TPSA) is 67.4 Å². The van der Waals surface area contributed by atoms with Crippen LogP contribution in [0.3, 0.4) is 0 Å². The predicted octanol–water partition coefficient (Wildman–Crippen LogP) is 1.57. The molecule has 2 N–H and O–H groups in total. The molecule has 0 saturated carbocycles. The van der Waals surface area contributed by atoms with Crippen LogP contribution >= 0.6 is 24.0 Å². The number of hydrogen-bond acceptors (Lipinski definition) is 5. The van der Waals surface area contributed by atoms with Gasteiger partial charge in [-0.25, -0.2) is 0 Å². The first-order valence-electron chi connectivity index (χ1n) is 9.59. The minimum Gasteiger partial charge on any atom is -0.382 e. The standard InChI is InChI=1S/C18H38N4O3.HI/c1-5-16(6-2)17(22-8-11-25-12-9-22)15-21-18(19-3)20-7-10-24-14-13-23-4;/h16-17H,5-15H2,1-4H3,(H2,19,20,21);1H. The zero-order valence-corrected chi connectivity index (χ0v) is 19.3. The summed E-state index contributed by atoms with van der Waals surface area (Å²) in [6.07, 6.45) is 2.39. The first kappa shape index (κ1) is 25.8. The summed E-state index contributed by atoms with van der Waals surface area (Å²) in [5.74, 6) is 1.51. The summed E-state index contributed by atoms with van der Waals surface area (Å²) in [4.78, 5) is 6.89. The van der Waals surface area contributed by atoms with Gasteiger partial charge < -0.3 is 24.8 Å².